The highest BCUT2D eigenvalue weighted by molar-refractivity contribution is 5.76. The largest absolute Gasteiger partial charge is 0.354 e. The molecular weight excluding hydrogens is 236 g/mol. The molecule has 0 spiro atoms. The molecule has 2 rings (SSSR count). The first-order valence-corrected chi connectivity index (χ1v) is 7.28. The molecule has 3 heteroatoms. The first kappa shape index (κ1) is 14.1. The number of hydrogen-bond acceptors (Lipinski definition) is 2. The van der Waals surface area contributed by atoms with E-state index in [0.717, 1.165) is 25.8 Å². The van der Waals surface area contributed by atoms with Gasteiger partial charge in [-0.05, 0) is 37.3 Å². The topological polar surface area (TPSA) is 41.1 Å². The summed E-state index contributed by atoms with van der Waals surface area (Å²) in [6, 6.07) is 9.37. The number of carbonyl (C=O) groups is 1. The van der Waals surface area contributed by atoms with Crippen molar-refractivity contribution in [1.29, 1.82) is 0 Å². The van der Waals surface area contributed by atoms with Crippen molar-refractivity contribution in [3.05, 3.63) is 35.4 Å². The van der Waals surface area contributed by atoms with E-state index in [1.165, 1.54) is 11.1 Å². The van der Waals surface area contributed by atoms with Crippen LogP contribution in [-0.2, 0) is 17.6 Å². The van der Waals surface area contributed by atoms with Crippen molar-refractivity contribution >= 4 is 5.91 Å². The van der Waals surface area contributed by atoms with Crippen molar-refractivity contribution < 1.29 is 4.79 Å². The van der Waals surface area contributed by atoms with Gasteiger partial charge in [0.05, 0.1) is 0 Å². The van der Waals surface area contributed by atoms with Crippen LogP contribution in [-0.4, -0.2) is 24.5 Å². The van der Waals surface area contributed by atoms with Gasteiger partial charge in [-0.15, -0.1) is 0 Å². The molecule has 0 heterocycles. The highest BCUT2D eigenvalue weighted by atomic mass is 16.1. The third-order valence-electron chi connectivity index (χ3n) is 3.86. The number of amides is 1. The van der Waals surface area contributed by atoms with Crippen molar-refractivity contribution in [2.24, 2.45) is 0 Å². The minimum Gasteiger partial charge on any atom is -0.354 e. The summed E-state index contributed by atoms with van der Waals surface area (Å²) in [5.74, 6) is 0.150. The lowest BCUT2D eigenvalue weighted by Gasteiger charge is -2.14. The average molecular weight is 260 g/mol. The predicted octanol–water partition coefficient (Wildman–Crippen LogP) is 2.05. The van der Waals surface area contributed by atoms with E-state index in [1.807, 2.05) is 6.92 Å². The zero-order valence-electron chi connectivity index (χ0n) is 11.9. The molecule has 1 aliphatic carbocycles. The molecule has 2 N–H and O–H groups in total. The number of nitrogens with one attached hydrogen (secondary N) is 2. The Bertz CT molecular complexity index is 406. The molecule has 104 valence electrons. The molecule has 1 unspecified atom stereocenters. The van der Waals surface area contributed by atoms with E-state index in [9.17, 15) is 4.79 Å². The van der Waals surface area contributed by atoms with Crippen LogP contribution < -0.4 is 10.6 Å². The smallest absolute Gasteiger partial charge is 0.221 e. The summed E-state index contributed by atoms with van der Waals surface area (Å²) >= 11 is 0. The minimum atomic E-state index is 0.150. The van der Waals surface area contributed by atoms with Crippen LogP contribution in [0.1, 0.15) is 37.8 Å². The quantitative estimate of drug-likeness (QED) is 0.822. The van der Waals surface area contributed by atoms with Crippen LogP contribution in [0.2, 0.25) is 0 Å². The summed E-state index contributed by atoms with van der Waals surface area (Å²) < 4.78 is 0. The summed E-state index contributed by atoms with van der Waals surface area (Å²) in [6.45, 7) is 4.89. The summed E-state index contributed by atoms with van der Waals surface area (Å²) in [6.07, 6.45) is 3.72. The fourth-order valence-electron chi connectivity index (χ4n) is 2.54. The number of carbonyl (C=O) groups excluding carboxylic acids is 1. The van der Waals surface area contributed by atoms with Crippen LogP contribution in [0.4, 0.5) is 0 Å². The standard InChI is InChI=1S/C16H24N2O/c1-3-12(2)18-16(19)8-9-17-15-10-13-6-4-5-7-14(13)11-15/h4-7,12,15,17H,3,8-11H2,1-2H3,(H,18,19). The highest BCUT2D eigenvalue weighted by Gasteiger charge is 2.20. The molecule has 0 saturated heterocycles. The molecule has 0 radical (unpaired) electrons. The van der Waals surface area contributed by atoms with Gasteiger partial charge in [0.2, 0.25) is 5.91 Å². The zero-order valence-corrected chi connectivity index (χ0v) is 11.9. The predicted molar refractivity (Wildman–Crippen MR) is 78.2 cm³/mol. The maximum Gasteiger partial charge on any atom is 0.221 e. The van der Waals surface area contributed by atoms with Gasteiger partial charge in [-0.1, -0.05) is 31.2 Å². The SMILES string of the molecule is CCC(C)NC(=O)CCNC1Cc2ccccc2C1. The summed E-state index contributed by atoms with van der Waals surface area (Å²) in [4.78, 5) is 11.7. The lowest BCUT2D eigenvalue weighted by molar-refractivity contribution is -0.121. The molecule has 1 amide bonds. The van der Waals surface area contributed by atoms with Crippen molar-refractivity contribution in [2.75, 3.05) is 6.54 Å². The molecule has 0 aromatic heterocycles. The molecule has 1 aliphatic rings. The lowest BCUT2D eigenvalue weighted by atomic mass is 10.1. The van der Waals surface area contributed by atoms with E-state index < -0.39 is 0 Å². The third-order valence-corrected chi connectivity index (χ3v) is 3.86. The first-order chi connectivity index (χ1) is 9.19. The molecule has 1 atom stereocenters. The molecule has 0 saturated carbocycles. The van der Waals surface area contributed by atoms with Crippen molar-refractivity contribution in [3.8, 4) is 0 Å². The summed E-state index contributed by atoms with van der Waals surface area (Å²) in [5, 5.41) is 6.48. The Hall–Kier alpha value is -1.35. The summed E-state index contributed by atoms with van der Waals surface area (Å²) in [5.41, 5.74) is 2.90. The van der Waals surface area contributed by atoms with Crippen molar-refractivity contribution in [1.82, 2.24) is 10.6 Å². The van der Waals surface area contributed by atoms with Crippen LogP contribution in [0.25, 0.3) is 0 Å². The summed E-state index contributed by atoms with van der Waals surface area (Å²) in [7, 11) is 0. The number of rotatable bonds is 6. The van der Waals surface area contributed by atoms with Gasteiger partial charge < -0.3 is 10.6 Å². The fraction of sp³-hybridized carbons (Fsp3) is 0.562. The zero-order chi connectivity index (χ0) is 13.7. The van der Waals surface area contributed by atoms with Crippen LogP contribution in [0.5, 0.6) is 0 Å². The van der Waals surface area contributed by atoms with Crippen LogP contribution in [0, 0.1) is 0 Å². The Kier molecular flexibility index (Phi) is 4.97. The van der Waals surface area contributed by atoms with E-state index in [2.05, 4.69) is 41.8 Å². The van der Waals surface area contributed by atoms with Crippen molar-refractivity contribution in [3.63, 3.8) is 0 Å². The second-order valence-electron chi connectivity index (χ2n) is 5.45. The van der Waals surface area contributed by atoms with E-state index in [-0.39, 0.29) is 11.9 Å². The van der Waals surface area contributed by atoms with Crippen LogP contribution >= 0.6 is 0 Å². The van der Waals surface area contributed by atoms with Gasteiger partial charge in [-0.3, -0.25) is 4.79 Å². The van der Waals surface area contributed by atoms with Crippen LogP contribution in [0.3, 0.4) is 0 Å². The van der Waals surface area contributed by atoms with Gasteiger partial charge >= 0.3 is 0 Å². The lowest BCUT2D eigenvalue weighted by Crippen LogP contribution is -2.36. The Morgan fingerprint density at radius 3 is 2.53 bits per heavy atom. The first-order valence-electron chi connectivity index (χ1n) is 7.28. The molecule has 3 nitrogen and oxygen atoms in total. The Morgan fingerprint density at radius 1 is 1.32 bits per heavy atom. The van der Waals surface area contributed by atoms with Gasteiger partial charge in [0.1, 0.15) is 0 Å². The Balaban J connectivity index is 1.67. The molecular formula is C16H24N2O. The normalized spacial score (nSPS) is 16.1. The Labute approximate surface area is 115 Å². The molecule has 0 bridgehead atoms. The minimum absolute atomic E-state index is 0.150. The highest BCUT2D eigenvalue weighted by Crippen LogP contribution is 2.21. The maximum absolute atomic E-state index is 11.7. The third kappa shape index (κ3) is 4.06. The van der Waals surface area contributed by atoms with E-state index >= 15 is 0 Å². The van der Waals surface area contributed by atoms with Gasteiger partial charge in [-0.25, -0.2) is 0 Å². The second kappa shape index (κ2) is 6.71. The fourth-order valence-corrected chi connectivity index (χ4v) is 2.54. The number of benzene rings is 1. The van der Waals surface area contributed by atoms with E-state index in [0.29, 0.717) is 12.5 Å². The molecule has 1 aromatic carbocycles. The second-order valence-corrected chi connectivity index (χ2v) is 5.45. The molecule has 1 aromatic rings. The maximum atomic E-state index is 11.7. The molecule has 0 fully saturated rings. The van der Waals surface area contributed by atoms with Gasteiger partial charge in [0.15, 0.2) is 0 Å². The van der Waals surface area contributed by atoms with Crippen LogP contribution in [0.15, 0.2) is 24.3 Å². The van der Waals surface area contributed by atoms with E-state index in [1.54, 1.807) is 0 Å². The van der Waals surface area contributed by atoms with Gasteiger partial charge in [0, 0.05) is 25.0 Å². The van der Waals surface area contributed by atoms with E-state index in [4.69, 9.17) is 0 Å². The molecule has 0 aliphatic heterocycles. The Morgan fingerprint density at radius 2 is 1.95 bits per heavy atom. The number of hydrogen-bond donors (Lipinski definition) is 2. The van der Waals surface area contributed by atoms with Crippen molar-refractivity contribution in [2.45, 2.75) is 51.6 Å². The molecule has 19 heavy (non-hydrogen) atoms. The van der Waals surface area contributed by atoms with Gasteiger partial charge in [-0.2, -0.15) is 0 Å². The van der Waals surface area contributed by atoms with Gasteiger partial charge in [0.25, 0.3) is 0 Å². The average Bonchev–Trinajstić information content (AvgIpc) is 2.81. The number of fused-ring (bicyclic) bond motifs is 1. The monoisotopic (exact) mass is 260 g/mol.